The van der Waals surface area contributed by atoms with E-state index in [-0.39, 0.29) is 5.91 Å². The van der Waals surface area contributed by atoms with Crippen LogP contribution in [0.3, 0.4) is 0 Å². The molecule has 4 rings (SSSR count). The number of aryl methyl sites for hydroxylation is 2. The zero-order valence-electron chi connectivity index (χ0n) is 14.5. The van der Waals surface area contributed by atoms with Gasteiger partial charge >= 0.3 is 0 Å². The van der Waals surface area contributed by atoms with Crippen molar-refractivity contribution in [1.82, 2.24) is 4.57 Å². The summed E-state index contributed by atoms with van der Waals surface area (Å²) in [6.07, 6.45) is 5.30. The van der Waals surface area contributed by atoms with Crippen LogP contribution in [0.15, 0.2) is 60.8 Å². The quantitative estimate of drug-likeness (QED) is 0.707. The van der Waals surface area contributed by atoms with E-state index >= 15 is 0 Å². The molecule has 2 aromatic carbocycles. The van der Waals surface area contributed by atoms with Gasteiger partial charge in [0.15, 0.2) is 0 Å². The molecule has 25 heavy (non-hydrogen) atoms. The third-order valence-corrected chi connectivity index (χ3v) is 4.94. The van der Waals surface area contributed by atoms with Gasteiger partial charge in [-0.25, -0.2) is 0 Å². The lowest BCUT2D eigenvalue weighted by molar-refractivity contribution is -0.116. The number of anilines is 1. The van der Waals surface area contributed by atoms with Crippen molar-refractivity contribution < 1.29 is 4.79 Å². The Morgan fingerprint density at radius 2 is 2.00 bits per heavy atom. The SMILES string of the molecule is C=C(Cc1ccc2c(c1)NC(=O)CC2)Cc1cn(C)c2ccccc12. The molecule has 3 heteroatoms. The highest BCUT2D eigenvalue weighted by molar-refractivity contribution is 5.94. The summed E-state index contributed by atoms with van der Waals surface area (Å²) in [5, 5.41) is 4.27. The zero-order valence-corrected chi connectivity index (χ0v) is 14.5. The Hall–Kier alpha value is -2.81. The average molecular weight is 330 g/mol. The second-order valence-electron chi connectivity index (χ2n) is 6.93. The smallest absolute Gasteiger partial charge is 0.224 e. The molecule has 0 fully saturated rings. The molecule has 0 saturated heterocycles. The normalized spacial score (nSPS) is 13.6. The Kier molecular flexibility index (Phi) is 3.92. The molecule has 2 heterocycles. The number of nitrogens with zero attached hydrogens (tertiary/aromatic N) is 1. The topological polar surface area (TPSA) is 34.0 Å². The molecule has 1 N–H and O–H groups in total. The summed E-state index contributed by atoms with van der Waals surface area (Å²) in [6, 6.07) is 14.9. The molecule has 1 amide bonds. The Morgan fingerprint density at radius 3 is 2.88 bits per heavy atom. The van der Waals surface area contributed by atoms with E-state index in [9.17, 15) is 4.79 Å². The van der Waals surface area contributed by atoms with Crippen molar-refractivity contribution in [2.24, 2.45) is 7.05 Å². The third-order valence-electron chi connectivity index (χ3n) is 4.94. The molecule has 3 aromatic rings. The van der Waals surface area contributed by atoms with Crippen LogP contribution >= 0.6 is 0 Å². The number of hydrogen-bond acceptors (Lipinski definition) is 1. The molecule has 1 aliphatic heterocycles. The standard InChI is InChI=1S/C22H22N2O/c1-15(12-18-14-24(2)21-6-4-3-5-19(18)21)11-16-7-8-17-9-10-22(25)23-20(17)13-16/h3-8,13-14H,1,9-12H2,2H3,(H,23,25). The molecule has 126 valence electrons. The van der Waals surface area contributed by atoms with Crippen molar-refractivity contribution in [2.75, 3.05) is 5.32 Å². The highest BCUT2D eigenvalue weighted by atomic mass is 16.1. The summed E-state index contributed by atoms with van der Waals surface area (Å²) >= 11 is 0. The van der Waals surface area contributed by atoms with Crippen LogP contribution in [0.5, 0.6) is 0 Å². The van der Waals surface area contributed by atoms with E-state index in [1.807, 2.05) is 0 Å². The minimum absolute atomic E-state index is 0.110. The Balaban J connectivity index is 1.52. The number of carbonyl (C=O) groups excluding carboxylic acids is 1. The van der Waals surface area contributed by atoms with Gasteiger partial charge in [0.25, 0.3) is 0 Å². The third kappa shape index (κ3) is 3.10. The second-order valence-corrected chi connectivity index (χ2v) is 6.93. The number of fused-ring (bicyclic) bond motifs is 2. The van der Waals surface area contributed by atoms with Crippen LogP contribution in [0.2, 0.25) is 0 Å². The van der Waals surface area contributed by atoms with Gasteiger partial charge in [-0.05, 0) is 48.1 Å². The number of nitrogens with one attached hydrogen (secondary N) is 1. The Morgan fingerprint density at radius 1 is 1.16 bits per heavy atom. The maximum Gasteiger partial charge on any atom is 0.224 e. The molecule has 1 aliphatic rings. The maximum absolute atomic E-state index is 11.6. The molecular weight excluding hydrogens is 308 g/mol. The predicted molar refractivity (Wildman–Crippen MR) is 103 cm³/mol. The van der Waals surface area contributed by atoms with Crippen LogP contribution in [0, 0.1) is 0 Å². The largest absolute Gasteiger partial charge is 0.350 e. The van der Waals surface area contributed by atoms with Gasteiger partial charge in [-0.2, -0.15) is 0 Å². The van der Waals surface area contributed by atoms with Gasteiger partial charge < -0.3 is 9.88 Å². The van der Waals surface area contributed by atoms with Crippen molar-refractivity contribution in [3.05, 3.63) is 77.5 Å². The number of carbonyl (C=O) groups is 1. The van der Waals surface area contributed by atoms with E-state index in [4.69, 9.17) is 0 Å². The minimum Gasteiger partial charge on any atom is -0.350 e. The van der Waals surface area contributed by atoms with Crippen LogP contribution in [-0.2, 0) is 31.1 Å². The number of hydrogen-bond donors (Lipinski definition) is 1. The fourth-order valence-electron chi connectivity index (χ4n) is 3.72. The monoisotopic (exact) mass is 330 g/mol. The van der Waals surface area contributed by atoms with Crippen LogP contribution in [0.1, 0.15) is 23.1 Å². The first kappa shape index (κ1) is 15.7. The van der Waals surface area contributed by atoms with Gasteiger partial charge in [0.1, 0.15) is 0 Å². The van der Waals surface area contributed by atoms with Gasteiger partial charge in [0, 0.05) is 36.3 Å². The molecule has 0 atom stereocenters. The lowest BCUT2D eigenvalue weighted by Crippen LogP contribution is -2.19. The van der Waals surface area contributed by atoms with Crippen molar-refractivity contribution in [3.63, 3.8) is 0 Å². The molecular formula is C22H22N2O. The molecule has 3 nitrogen and oxygen atoms in total. The van der Waals surface area contributed by atoms with Gasteiger partial charge in [-0.15, -0.1) is 0 Å². The number of para-hydroxylation sites is 1. The van der Waals surface area contributed by atoms with E-state index in [0.29, 0.717) is 6.42 Å². The average Bonchev–Trinajstić information content (AvgIpc) is 2.91. The first-order chi connectivity index (χ1) is 12.1. The first-order valence-electron chi connectivity index (χ1n) is 8.71. The summed E-state index contributed by atoms with van der Waals surface area (Å²) in [6.45, 7) is 4.29. The first-order valence-corrected chi connectivity index (χ1v) is 8.71. The molecule has 0 aliphatic carbocycles. The Labute approximate surface area is 148 Å². The molecule has 1 aromatic heterocycles. The van der Waals surface area contributed by atoms with Crippen LogP contribution in [0.4, 0.5) is 5.69 Å². The number of benzene rings is 2. The number of rotatable bonds is 4. The van der Waals surface area contributed by atoms with E-state index in [2.05, 4.69) is 72.2 Å². The molecule has 0 spiro atoms. The van der Waals surface area contributed by atoms with Gasteiger partial charge in [0.05, 0.1) is 0 Å². The predicted octanol–water partition coefficient (Wildman–Crippen LogP) is 4.40. The van der Waals surface area contributed by atoms with Crippen molar-refractivity contribution in [2.45, 2.75) is 25.7 Å². The fourth-order valence-corrected chi connectivity index (χ4v) is 3.72. The van der Waals surface area contributed by atoms with Crippen LogP contribution in [0.25, 0.3) is 10.9 Å². The number of aromatic nitrogens is 1. The van der Waals surface area contributed by atoms with E-state index < -0.39 is 0 Å². The van der Waals surface area contributed by atoms with E-state index in [1.54, 1.807) is 0 Å². The van der Waals surface area contributed by atoms with E-state index in [1.165, 1.54) is 33.2 Å². The van der Waals surface area contributed by atoms with Gasteiger partial charge in [-0.3, -0.25) is 4.79 Å². The maximum atomic E-state index is 11.6. The summed E-state index contributed by atoms with van der Waals surface area (Å²) < 4.78 is 2.17. The highest BCUT2D eigenvalue weighted by Crippen LogP contribution is 2.26. The second kappa shape index (κ2) is 6.25. The van der Waals surface area contributed by atoms with Gasteiger partial charge in [0.2, 0.25) is 5.91 Å². The molecule has 0 bridgehead atoms. The number of amides is 1. The van der Waals surface area contributed by atoms with Gasteiger partial charge in [-0.1, -0.05) is 42.5 Å². The summed E-state index contributed by atoms with van der Waals surface area (Å²) in [5.41, 5.74) is 7.13. The summed E-state index contributed by atoms with van der Waals surface area (Å²) in [4.78, 5) is 11.6. The number of allylic oxidation sites excluding steroid dienone is 1. The van der Waals surface area contributed by atoms with E-state index in [0.717, 1.165) is 24.9 Å². The Bertz CT molecular complexity index is 981. The molecule has 0 radical (unpaired) electrons. The summed E-state index contributed by atoms with van der Waals surface area (Å²) in [5.74, 6) is 0.110. The summed E-state index contributed by atoms with van der Waals surface area (Å²) in [7, 11) is 2.08. The lowest BCUT2D eigenvalue weighted by Gasteiger charge is -2.18. The van der Waals surface area contributed by atoms with Crippen molar-refractivity contribution >= 4 is 22.5 Å². The minimum atomic E-state index is 0.110. The lowest BCUT2D eigenvalue weighted by atomic mass is 9.96. The van der Waals surface area contributed by atoms with Crippen LogP contribution in [-0.4, -0.2) is 10.5 Å². The van der Waals surface area contributed by atoms with Crippen molar-refractivity contribution in [3.8, 4) is 0 Å². The molecule has 0 unspecified atom stereocenters. The highest BCUT2D eigenvalue weighted by Gasteiger charge is 2.15. The molecule has 0 saturated carbocycles. The van der Waals surface area contributed by atoms with Crippen molar-refractivity contribution in [1.29, 1.82) is 0 Å². The zero-order chi connectivity index (χ0) is 17.4. The van der Waals surface area contributed by atoms with Crippen LogP contribution < -0.4 is 5.32 Å². The fraction of sp³-hybridized carbons (Fsp3) is 0.227.